The molecule has 0 saturated heterocycles. The van der Waals surface area contributed by atoms with Crippen molar-refractivity contribution in [2.75, 3.05) is 17.2 Å². The molecule has 0 atom stereocenters. The maximum atomic E-state index is 4.39. The van der Waals surface area contributed by atoms with E-state index in [9.17, 15) is 0 Å². The number of nitrogens with one attached hydrogen (secondary N) is 2. The van der Waals surface area contributed by atoms with Crippen LogP contribution in [-0.4, -0.2) is 26.3 Å². The third kappa shape index (κ3) is 2.89. The smallest absolute Gasteiger partial charge is 0.139 e. The van der Waals surface area contributed by atoms with Crippen LogP contribution in [0.25, 0.3) is 0 Å². The highest BCUT2D eigenvalue weighted by Gasteiger charge is 2.16. The van der Waals surface area contributed by atoms with Crippen LogP contribution in [0.1, 0.15) is 37.9 Å². The highest BCUT2D eigenvalue weighted by atomic mass is 15.3. The molecule has 20 heavy (non-hydrogen) atoms. The lowest BCUT2D eigenvalue weighted by Gasteiger charge is -2.17. The fourth-order valence-electron chi connectivity index (χ4n) is 2.20. The van der Waals surface area contributed by atoms with E-state index in [0.29, 0.717) is 5.92 Å². The van der Waals surface area contributed by atoms with E-state index < -0.39 is 0 Å². The maximum Gasteiger partial charge on any atom is 0.139 e. The van der Waals surface area contributed by atoms with Crippen molar-refractivity contribution in [2.45, 2.75) is 33.6 Å². The van der Waals surface area contributed by atoms with Crippen molar-refractivity contribution in [3.8, 4) is 0 Å². The molecular formula is C14H22N6. The minimum absolute atomic E-state index is 0.324. The molecule has 0 fully saturated rings. The summed E-state index contributed by atoms with van der Waals surface area (Å²) in [5.41, 5.74) is 3.01. The second-order valence-electron chi connectivity index (χ2n) is 5.10. The summed E-state index contributed by atoms with van der Waals surface area (Å²) >= 11 is 0. The minimum Gasteiger partial charge on any atom is -0.370 e. The lowest BCUT2D eigenvalue weighted by molar-refractivity contribution is 0.756. The average Bonchev–Trinajstić information content (AvgIpc) is 2.68. The van der Waals surface area contributed by atoms with Gasteiger partial charge in [-0.15, -0.1) is 0 Å². The molecule has 2 rings (SSSR count). The molecule has 0 saturated carbocycles. The molecule has 0 amide bonds. The van der Waals surface area contributed by atoms with Crippen LogP contribution in [0.5, 0.6) is 0 Å². The van der Waals surface area contributed by atoms with Crippen LogP contribution in [0.3, 0.4) is 0 Å². The first-order chi connectivity index (χ1) is 9.52. The fourth-order valence-corrected chi connectivity index (χ4v) is 2.20. The first-order valence-corrected chi connectivity index (χ1v) is 6.89. The molecule has 2 aromatic rings. The summed E-state index contributed by atoms with van der Waals surface area (Å²) in [5.74, 6) is 2.05. The second-order valence-corrected chi connectivity index (χ2v) is 5.10. The Morgan fingerprint density at radius 2 is 1.95 bits per heavy atom. The minimum atomic E-state index is 0.324. The van der Waals surface area contributed by atoms with Gasteiger partial charge in [-0.25, -0.2) is 9.97 Å². The maximum absolute atomic E-state index is 4.39. The molecule has 0 aliphatic heterocycles. The van der Waals surface area contributed by atoms with Crippen molar-refractivity contribution in [2.24, 2.45) is 7.05 Å². The number of anilines is 3. The van der Waals surface area contributed by atoms with E-state index in [1.165, 1.54) is 0 Å². The van der Waals surface area contributed by atoms with Crippen LogP contribution in [0.15, 0.2) is 12.5 Å². The van der Waals surface area contributed by atoms with Crippen molar-refractivity contribution in [1.82, 2.24) is 19.7 Å². The highest BCUT2D eigenvalue weighted by molar-refractivity contribution is 5.66. The molecule has 2 aromatic heterocycles. The van der Waals surface area contributed by atoms with E-state index >= 15 is 0 Å². The summed E-state index contributed by atoms with van der Waals surface area (Å²) in [7, 11) is 1.91. The number of nitrogens with zero attached hydrogens (tertiary/aromatic N) is 4. The molecule has 0 aliphatic carbocycles. The predicted octanol–water partition coefficient (Wildman–Crippen LogP) is 2.82. The van der Waals surface area contributed by atoms with Crippen LogP contribution >= 0.6 is 0 Å². The van der Waals surface area contributed by atoms with Gasteiger partial charge in [0.25, 0.3) is 0 Å². The summed E-state index contributed by atoms with van der Waals surface area (Å²) in [5, 5.41) is 11.0. The van der Waals surface area contributed by atoms with E-state index in [1.807, 2.05) is 20.2 Å². The van der Waals surface area contributed by atoms with Gasteiger partial charge in [-0.2, -0.15) is 5.10 Å². The van der Waals surface area contributed by atoms with Gasteiger partial charge in [0.1, 0.15) is 18.0 Å². The molecule has 2 heterocycles. The standard InChI is InChI=1S/C14H22N6/c1-6-15-13-12(9(2)3)14(17-8-16-13)18-11-7-20(5)19-10(11)4/h7-9H,6H2,1-5H3,(H2,15,16,17,18). The van der Waals surface area contributed by atoms with Gasteiger partial charge < -0.3 is 10.6 Å². The molecule has 0 aliphatic rings. The Morgan fingerprint density at radius 1 is 1.25 bits per heavy atom. The Bertz CT molecular complexity index is 587. The monoisotopic (exact) mass is 274 g/mol. The van der Waals surface area contributed by atoms with E-state index in [2.05, 4.69) is 46.5 Å². The number of hydrogen-bond acceptors (Lipinski definition) is 5. The Morgan fingerprint density at radius 3 is 2.50 bits per heavy atom. The summed E-state index contributed by atoms with van der Waals surface area (Å²) in [4.78, 5) is 8.73. The zero-order valence-corrected chi connectivity index (χ0v) is 12.7. The molecule has 0 aromatic carbocycles. The molecule has 0 unspecified atom stereocenters. The Labute approximate surface area is 119 Å². The molecule has 6 nitrogen and oxygen atoms in total. The Kier molecular flexibility index (Phi) is 4.22. The van der Waals surface area contributed by atoms with Crippen LogP contribution in [0.2, 0.25) is 0 Å². The van der Waals surface area contributed by atoms with Gasteiger partial charge in [0, 0.05) is 25.4 Å². The lowest BCUT2D eigenvalue weighted by Crippen LogP contribution is -2.09. The molecule has 2 N–H and O–H groups in total. The first kappa shape index (κ1) is 14.3. The van der Waals surface area contributed by atoms with Crippen molar-refractivity contribution in [1.29, 1.82) is 0 Å². The van der Waals surface area contributed by atoms with Crippen molar-refractivity contribution >= 4 is 17.3 Å². The first-order valence-electron chi connectivity index (χ1n) is 6.89. The van der Waals surface area contributed by atoms with Gasteiger partial charge >= 0.3 is 0 Å². The summed E-state index contributed by atoms with van der Waals surface area (Å²) in [6.07, 6.45) is 3.53. The van der Waals surface area contributed by atoms with E-state index in [1.54, 1.807) is 11.0 Å². The third-order valence-electron chi connectivity index (χ3n) is 3.07. The fraction of sp³-hybridized carbons (Fsp3) is 0.500. The van der Waals surface area contributed by atoms with Crippen molar-refractivity contribution < 1.29 is 0 Å². The number of rotatable bonds is 5. The van der Waals surface area contributed by atoms with Gasteiger partial charge in [-0.3, -0.25) is 4.68 Å². The molecule has 108 valence electrons. The van der Waals surface area contributed by atoms with Crippen LogP contribution < -0.4 is 10.6 Å². The molecular weight excluding hydrogens is 252 g/mol. The van der Waals surface area contributed by atoms with Crippen LogP contribution in [0.4, 0.5) is 17.3 Å². The molecule has 0 bridgehead atoms. The SMILES string of the molecule is CCNc1ncnc(Nc2cn(C)nc2C)c1C(C)C. The number of aryl methyl sites for hydroxylation is 2. The third-order valence-corrected chi connectivity index (χ3v) is 3.07. The van der Waals surface area contributed by atoms with Gasteiger partial charge in [-0.1, -0.05) is 13.8 Å². The van der Waals surface area contributed by atoms with Crippen LogP contribution in [-0.2, 0) is 7.05 Å². The normalized spacial score (nSPS) is 10.9. The highest BCUT2D eigenvalue weighted by Crippen LogP contribution is 2.30. The quantitative estimate of drug-likeness (QED) is 0.877. The number of aromatic nitrogens is 4. The van der Waals surface area contributed by atoms with Crippen LogP contribution in [0, 0.1) is 6.92 Å². The zero-order valence-electron chi connectivity index (χ0n) is 12.7. The topological polar surface area (TPSA) is 67.7 Å². The largest absolute Gasteiger partial charge is 0.370 e. The predicted molar refractivity (Wildman–Crippen MR) is 81.5 cm³/mol. The number of hydrogen-bond donors (Lipinski definition) is 2. The molecule has 0 spiro atoms. The zero-order chi connectivity index (χ0) is 14.7. The van der Waals surface area contributed by atoms with E-state index in [0.717, 1.165) is 35.1 Å². The van der Waals surface area contributed by atoms with Gasteiger partial charge in [-0.05, 0) is 19.8 Å². The summed E-state index contributed by atoms with van der Waals surface area (Å²) < 4.78 is 1.79. The van der Waals surface area contributed by atoms with Gasteiger partial charge in [0.2, 0.25) is 0 Å². The molecule has 6 heteroatoms. The van der Waals surface area contributed by atoms with E-state index in [4.69, 9.17) is 0 Å². The summed E-state index contributed by atoms with van der Waals surface area (Å²) in [6, 6.07) is 0. The van der Waals surface area contributed by atoms with E-state index in [-0.39, 0.29) is 0 Å². The van der Waals surface area contributed by atoms with Gasteiger partial charge in [0.05, 0.1) is 11.4 Å². The lowest BCUT2D eigenvalue weighted by atomic mass is 10.0. The average molecular weight is 274 g/mol. The summed E-state index contributed by atoms with van der Waals surface area (Å²) in [6.45, 7) is 9.15. The molecule has 0 radical (unpaired) electrons. The van der Waals surface area contributed by atoms with Crippen molar-refractivity contribution in [3.05, 3.63) is 23.8 Å². The van der Waals surface area contributed by atoms with Crippen molar-refractivity contribution in [3.63, 3.8) is 0 Å². The Hall–Kier alpha value is -2.11. The second kappa shape index (κ2) is 5.90. The Balaban J connectivity index is 2.40. The van der Waals surface area contributed by atoms with Gasteiger partial charge in [0.15, 0.2) is 0 Å².